The first-order valence-corrected chi connectivity index (χ1v) is 6.69. The van der Waals surface area contributed by atoms with Crippen molar-refractivity contribution in [3.8, 4) is 0 Å². The van der Waals surface area contributed by atoms with Crippen LogP contribution in [0, 0.1) is 5.41 Å². The van der Waals surface area contributed by atoms with Crippen molar-refractivity contribution in [1.29, 1.82) is 0 Å². The number of likely N-dealkylation sites (N-methyl/N-ethyl adjacent to an activating group) is 1. The lowest BCUT2D eigenvalue weighted by Gasteiger charge is -2.12. The lowest BCUT2D eigenvalue weighted by atomic mass is 10.1. The minimum atomic E-state index is -1.25. The number of nitrogens with one attached hydrogen (secondary N) is 1. The molecule has 0 heterocycles. The van der Waals surface area contributed by atoms with E-state index in [-0.39, 0.29) is 5.91 Å². The van der Waals surface area contributed by atoms with Gasteiger partial charge in [0.05, 0.1) is 6.42 Å². The fourth-order valence-corrected chi connectivity index (χ4v) is 1.95. The van der Waals surface area contributed by atoms with Gasteiger partial charge in [0, 0.05) is 19.8 Å². The zero-order valence-electron chi connectivity index (χ0n) is 12.0. The van der Waals surface area contributed by atoms with Gasteiger partial charge in [0.25, 0.3) is 0 Å². The molecule has 6 heteroatoms. The van der Waals surface area contributed by atoms with Crippen molar-refractivity contribution in [1.82, 2.24) is 4.90 Å². The van der Waals surface area contributed by atoms with E-state index in [1.54, 1.807) is 38.4 Å². The van der Waals surface area contributed by atoms with Gasteiger partial charge in [-0.25, -0.2) is 0 Å². The molecule has 0 bridgehead atoms. The first-order valence-electron chi connectivity index (χ1n) is 6.69. The molecule has 0 spiro atoms. The number of carboxylic acids is 1. The number of carbonyl (C=O) groups excluding carboxylic acids is 2. The minimum absolute atomic E-state index is 0.00500. The molecular formula is C15H18N2O4. The smallest absolute Gasteiger partial charge is 0.319 e. The summed E-state index contributed by atoms with van der Waals surface area (Å²) in [6.07, 6.45) is 1.05. The molecule has 0 aromatic heterocycles. The summed E-state index contributed by atoms with van der Waals surface area (Å²) in [5, 5.41) is 11.7. The molecule has 1 saturated carbocycles. The summed E-state index contributed by atoms with van der Waals surface area (Å²) in [7, 11) is 3.38. The molecule has 0 unspecified atom stereocenters. The van der Waals surface area contributed by atoms with Crippen molar-refractivity contribution in [2.75, 3.05) is 19.4 Å². The first-order chi connectivity index (χ1) is 9.85. The highest BCUT2D eigenvalue weighted by atomic mass is 16.4. The van der Waals surface area contributed by atoms with Crippen LogP contribution in [0.4, 0.5) is 5.69 Å². The maximum atomic E-state index is 11.9. The molecule has 2 N–H and O–H groups in total. The van der Waals surface area contributed by atoms with Crippen LogP contribution in [0.3, 0.4) is 0 Å². The fraction of sp³-hybridized carbons (Fsp3) is 0.400. The SMILES string of the molecule is CN(C)C(=O)Cc1ccc(NC(=O)C2(C(=O)O)CC2)cc1. The van der Waals surface area contributed by atoms with Gasteiger partial charge >= 0.3 is 5.97 Å². The number of anilines is 1. The molecule has 2 rings (SSSR count). The molecule has 0 saturated heterocycles. The Morgan fingerprint density at radius 1 is 1.19 bits per heavy atom. The van der Waals surface area contributed by atoms with Crippen molar-refractivity contribution in [3.05, 3.63) is 29.8 Å². The van der Waals surface area contributed by atoms with Crippen molar-refractivity contribution in [3.63, 3.8) is 0 Å². The highest BCUT2D eigenvalue weighted by Crippen LogP contribution is 2.46. The van der Waals surface area contributed by atoms with E-state index in [9.17, 15) is 14.4 Å². The Balaban J connectivity index is 1.98. The van der Waals surface area contributed by atoms with E-state index in [4.69, 9.17) is 5.11 Å². The van der Waals surface area contributed by atoms with E-state index in [0.717, 1.165) is 5.56 Å². The first kappa shape index (κ1) is 15.0. The van der Waals surface area contributed by atoms with Crippen LogP contribution in [0.5, 0.6) is 0 Å². The molecule has 0 atom stereocenters. The van der Waals surface area contributed by atoms with Crippen LogP contribution in [0.15, 0.2) is 24.3 Å². The maximum absolute atomic E-state index is 11.9. The second-order valence-electron chi connectivity index (χ2n) is 5.50. The normalized spacial score (nSPS) is 15.1. The second-order valence-corrected chi connectivity index (χ2v) is 5.50. The topological polar surface area (TPSA) is 86.7 Å². The number of amides is 2. The molecule has 0 aliphatic heterocycles. The van der Waals surface area contributed by atoms with Crippen molar-refractivity contribution in [2.24, 2.45) is 5.41 Å². The van der Waals surface area contributed by atoms with Gasteiger partial charge in [0.15, 0.2) is 0 Å². The summed E-state index contributed by atoms with van der Waals surface area (Å²) in [4.78, 5) is 36.1. The van der Waals surface area contributed by atoms with Gasteiger partial charge in [0.1, 0.15) is 5.41 Å². The number of aliphatic carboxylic acids is 1. The van der Waals surface area contributed by atoms with E-state index < -0.39 is 17.3 Å². The zero-order chi connectivity index (χ0) is 15.6. The summed E-state index contributed by atoms with van der Waals surface area (Å²) in [5.41, 5.74) is 0.124. The van der Waals surface area contributed by atoms with Gasteiger partial charge in [-0.2, -0.15) is 0 Å². The number of hydrogen-bond acceptors (Lipinski definition) is 3. The monoisotopic (exact) mass is 290 g/mol. The molecule has 1 fully saturated rings. The van der Waals surface area contributed by atoms with E-state index in [1.165, 1.54) is 4.90 Å². The Hall–Kier alpha value is -2.37. The molecule has 112 valence electrons. The number of rotatable bonds is 5. The van der Waals surface area contributed by atoms with E-state index in [0.29, 0.717) is 24.9 Å². The summed E-state index contributed by atoms with van der Waals surface area (Å²) >= 11 is 0. The van der Waals surface area contributed by atoms with Gasteiger partial charge < -0.3 is 15.3 Å². The third-order valence-electron chi connectivity index (χ3n) is 3.66. The number of benzene rings is 1. The van der Waals surface area contributed by atoms with Gasteiger partial charge in [-0.05, 0) is 30.5 Å². The minimum Gasteiger partial charge on any atom is -0.480 e. The van der Waals surface area contributed by atoms with Crippen LogP contribution in [-0.4, -0.2) is 41.9 Å². The Bertz CT molecular complexity index is 574. The van der Waals surface area contributed by atoms with Crippen LogP contribution in [-0.2, 0) is 20.8 Å². The Morgan fingerprint density at radius 2 is 1.76 bits per heavy atom. The predicted octanol–water partition coefficient (Wildman–Crippen LogP) is 1.12. The number of carboxylic acid groups (broad SMARTS) is 1. The van der Waals surface area contributed by atoms with Gasteiger partial charge in [-0.3, -0.25) is 14.4 Å². The lowest BCUT2D eigenvalue weighted by Crippen LogP contribution is -2.31. The Kier molecular flexibility index (Phi) is 3.97. The van der Waals surface area contributed by atoms with Crippen molar-refractivity contribution in [2.45, 2.75) is 19.3 Å². The summed E-state index contributed by atoms with van der Waals surface area (Å²) in [6, 6.07) is 6.84. The van der Waals surface area contributed by atoms with Gasteiger partial charge in [-0.15, -0.1) is 0 Å². The van der Waals surface area contributed by atoms with Gasteiger partial charge in [-0.1, -0.05) is 12.1 Å². The molecule has 0 radical (unpaired) electrons. The molecule has 6 nitrogen and oxygen atoms in total. The predicted molar refractivity (Wildman–Crippen MR) is 76.8 cm³/mol. The summed E-state index contributed by atoms with van der Waals surface area (Å²) in [5.74, 6) is -1.56. The number of hydrogen-bond donors (Lipinski definition) is 2. The van der Waals surface area contributed by atoms with E-state index in [2.05, 4.69) is 5.32 Å². The average Bonchev–Trinajstić information content (AvgIpc) is 3.22. The highest BCUT2D eigenvalue weighted by Gasteiger charge is 2.57. The highest BCUT2D eigenvalue weighted by molar-refractivity contribution is 6.10. The Labute approximate surface area is 122 Å². The second kappa shape index (κ2) is 5.55. The molecule has 1 aromatic rings. The third-order valence-corrected chi connectivity index (χ3v) is 3.66. The molecule has 1 aromatic carbocycles. The van der Waals surface area contributed by atoms with Gasteiger partial charge in [0.2, 0.25) is 11.8 Å². The molecule has 1 aliphatic carbocycles. The fourth-order valence-electron chi connectivity index (χ4n) is 1.95. The van der Waals surface area contributed by atoms with E-state index in [1.807, 2.05) is 0 Å². The number of carbonyl (C=O) groups is 3. The maximum Gasteiger partial charge on any atom is 0.319 e. The van der Waals surface area contributed by atoms with Crippen LogP contribution < -0.4 is 5.32 Å². The molecule has 21 heavy (non-hydrogen) atoms. The summed E-state index contributed by atoms with van der Waals surface area (Å²) in [6.45, 7) is 0. The largest absolute Gasteiger partial charge is 0.480 e. The third kappa shape index (κ3) is 3.21. The van der Waals surface area contributed by atoms with E-state index >= 15 is 0 Å². The Morgan fingerprint density at radius 3 is 2.19 bits per heavy atom. The van der Waals surface area contributed by atoms with Crippen LogP contribution in [0.2, 0.25) is 0 Å². The van der Waals surface area contributed by atoms with Crippen molar-refractivity contribution < 1.29 is 19.5 Å². The number of nitrogens with zero attached hydrogens (tertiary/aromatic N) is 1. The lowest BCUT2D eigenvalue weighted by molar-refractivity contribution is -0.147. The quantitative estimate of drug-likeness (QED) is 0.796. The molecule has 1 aliphatic rings. The van der Waals surface area contributed by atoms with Crippen LogP contribution in [0.25, 0.3) is 0 Å². The molecule has 2 amide bonds. The standard InChI is InChI=1S/C15H18N2O4/c1-17(2)12(18)9-10-3-5-11(6-4-10)16-13(19)15(7-8-15)14(20)21/h3-6H,7-9H2,1-2H3,(H,16,19)(H,20,21). The van der Waals surface area contributed by atoms with Crippen LogP contribution >= 0.6 is 0 Å². The average molecular weight is 290 g/mol. The molecular weight excluding hydrogens is 272 g/mol. The van der Waals surface area contributed by atoms with Crippen molar-refractivity contribution >= 4 is 23.5 Å². The van der Waals surface area contributed by atoms with Crippen LogP contribution in [0.1, 0.15) is 18.4 Å². The summed E-state index contributed by atoms with van der Waals surface area (Å²) < 4.78 is 0. The zero-order valence-corrected chi connectivity index (χ0v) is 12.0.